The van der Waals surface area contributed by atoms with Crippen molar-refractivity contribution in [3.05, 3.63) is 79.6 Å². The fourth-order valence-corrected chi connectivity index (χ4v) is 6.29. The summed E-state index contributed by atoms with van der Waals surface area (Å²) in [5, 5.41) is 4.56. The summed E-state index contributed by atoms with van der Waals surface area (Å²) in [5.41, 5.74) is 0.956. The zero-order chi connectivity index (χ0) is 29.2. The van der Waals surface area contributed by atoms with Gasteiger partial charge in [0.1, 0.15) is 12.6 Å². The van der Waals surface area contributed by atoms with Crippen LogP contribution in [0.3, 0.4) is 0 Å². The molecule has 11 heteroatoms. The lowest BCUT2D eigenvalue weighted by Crippen LogP contribution is -2.61. The highest BCUT2D eigenvalue weighted by molar-refractivity contribution is 7.10. The van der Waals surface area contributed by atoms with Gasteiger partial charge >= 0.3 is 5.97 Å². The van der Waals surface area contributed by atoms with Gasteiger partial charge in [-0.15, -0.1) is 22.7 Å². The average molecular weight is 616 g/mol. The van der Waals surface area contributed by atoms with Crippen LogP contribution in [0.5, 0.6) is 0 Å². The standard InChI is InChI=1S/C30H34ClN3O5S2/c1-2-39-29(37)21-32(14-11-22-7-9-23(31)10-8-22)27(35)19-26-30(38)33(15-12-24-5-3-17-40-24)20-28(36)34(26)16-13-25-6-4-18-41-25/h3-10,17-18,26H,2,11-16,19-21H2,1H3. The Morgan fingerprint density at radius 3 is 2.24 bits per heavy atom. The highest BCUT2D eigenvalue weighted by atomic mass is 35.5. The van der Waals surface area contributed by atoms with Crippen LogP contribution in [0.25, 0.3) is 0 Å². The van der Waals surface area contributed by atoms with Gasteiger partial charge in [0.2, 0.25) is 17.7 Å². The topological polar surface area (TPSA) is 87.2 Å². The molecular weight excluding hydrogens is 582 g/mol. The number of ether oxygens (including phenoxy) is 1. The number of piperazine rings is 1. The molecule has 1 aromatic carbocycles. The van der Waals surface area contributed by atoms with Crippen molar-refractivity contribution in [2.24, 2.45) is 0 Å². The fraction of sp³-hybridized carbons (Fsp3) is 0.400. The predicted octanol–water partition coefficient (Wildman–Crippen LogP) is 4.31. The number of thiophene rings is 2. The van der Waals surface area contributed by atoms with Crippen molar-refractivity contribution in [2.75, 3.05) is 39.3 Å². The number of hydrogen-bond donors (Lipinski definition) is 0. The second-order valence-corrected chi connectivity index (χ2v) is 12.2. The van der Waals surface area contributed by atoms with Crippen molar-refractivity contribution >= 4 is 58.0 Å². The lowest BCUT2D eigenvalue weighted by atomic mass is 10.0. The minimum absolute atomic E-state index is 0.0115. The van der Waals surface area contributed by atoms with Gasteiger partial charge in [0.05, 0.1) is 19.6 Å². The Balaban J connectivity index is 1.50. The summed E-state index contributed by atoms with van der Waals surface area (Å²) >= 11 is 9.20. The molecule has 0 saturated carbocycles. The van der Waals surface area contributed by atoms with Crippen LogP contribution >= 0.6 is 34.3 Å². The maximum absolute atomic E-state index is 13.8. The third-order valence-corrected chi connectivity index (χ3v) is 9.06. The highest BCUT2D eigenvalue weighted by Gasteiger charge is 2.41. The molecule has 1 atom stereocenters. The largest absolute Gasteiger partial charge is 0.465 e. The number of hydrogen-bond acceptors (Lipinski definition) is 7. The molecular formula is C30H34ClN3O5S2. The van der Waals surface area contributed by atoms with E-state index in [4.69, 9.17) is 16.3 Å². The quantitative estimate of drug-likeness (QED) is 0.252. The molecule has 8 nitrogen and oxygen atoms in total. The number of amides is 3. The molecule has 3 heterocycles. The number of nitrogens with zero attached hydrogens (tertiary/aromatic N) is 3. The van der Waals surface area contributed by atoms with Crippen LogP contribution in [0.1, 0.15) is 28.7 Å². The summed E-state index contributed by atoms with van der Waals surface area (Å²) in [6.45, 7) is 2.66. The Morgan fingerprint density at radius 2 is 1.63 bits per heavy atom. The normalized spacial score (nSPS) is 15.3. The molecule has 41 heavy (non-hydrogen) atoms. The number of esters is 1. The van der Waals surface area contributed by atoms with Crippen molar-refractivity contribution in [3.63, 3.8) is 0 Å². The number of carbonyl (C=O) groups excluding carboxylic acids is 4. The summed E-state index contributed by atoms with van der Waals surface area (Å²) in [4.78, 5) is 60.0. The molecule has 4 rings (SSSR count). The maximum Gasteiger partial charge on any atom is 0.325 e. The Labute approximate surface area is 253 Å². The number of rotatable bonds is 14. The SMILES string of the molecule is CCOC(=O)CN(CCc1ccc(Cl)cc1)C(=O)CC1C(=O)N(CCc2cccs2)CC(=O)N1CCc1cccs1. The Bertz CT molecular complexity index is 1300. The number of carbonyl (C=O) groups is 4. The lowest BCUT2D eigenvalue weighted by Gasteiger charge is -2.40. The first kappa shape index (κ1) is 30.7. The molecule has 1 aliphatic rings. The minimum Gasteiger partial charge on any atom is -0.465 e. The van der Waals surface area contributed by atoms with E-state index in [1.807, 2.05) is 47.2 Å². The van der Waals surface area contributed by atoms with Crippen molar-refractivity contribution in [3.8, 4) is 0 Å². The van der Waals surface area contributed by atoms with Gasteiger partial charge in [-0.25, -0.2) is 0 Å². The summed E-state index contributed by atoms with van der Waals surface area (Å²) in [6.07, 6.45) is 1.53. The minimum atomic E-state index is -0.938. The van der Waals surface area contributed by atoms with Crippen LogP contribution in [0.4, 0.5) is 0 Å². The van der Waals surface area contributed by atoms with Crippen LogP contribution in [0.2, 0.25) is 5.02 Å². The molecule has 0 N–H and O–H groups in total. The molecule has 3 amide bonds. The molecule has 0 aliphatic carbocycles. The van der Waals surface area contributed by atoms with Gasteiger partial charge in [-0.05, 0) is 66.8 Å². The first-order valence-corrected chi connectivity index (χ1v) is 15.8. The van der Waals surface area contributed by atoms with Crippen molar-refractivity contribution in [1.82, 2.24) is 14.7 Å². The van der Waals surface area contributed by atoms with Gasteiger partial charge in [0.15, 0.2) is 0 Å². The zero-order valence-corrected chi connectivity index (χ0v) is 25.4. The van der Waals surface area contributed by atoms with Crippen molar-refractivity contribution in [2.45, 2.75) is 38.6 Å². The molecule has 1 fully saturated rings. The van der Waals surface area contributed by atoms with Gasteiger partial charge in [0, 0.05) is 34.4 Å². The van der Waals surface area contributed by atoms with Gasteiger partial charge in [-0.3, -0.25) is 19.2 Å². The molecule has 1 aliphatic heterocycles. The van der Waals surface area contributed by atoms with Gasteiger partial charge < -0.3 is 19.4 Å². The summed E-state index contributed by atoms with van der Waals surface area (Å²) in [5.74, 6) is -1.31. The third-order valence-electron chi connectivity index (χ3n) is 6.94. The van der Waals surface area contributed by atoms with E-state index < -0.39 is 12.0 Å². The number of benzene rings is 1. The molecule has 0 spiro atoms. The second kappa shape index (κ2) is 15.1. The van der Waals surface area contributed by atoms with E-state index in [0.29, 0.717) is 37.4 Å². The van der Waals surface area contributed by atoms with E-state index in [9.17, 15) is 19.2 Å². The van der Waals surface area contributed by atoms with Gasteiger partial charge in [0.25, 0.3) is 0 Å². The van der Waals surface area contributed by atoms with Crippen LogP contribution in [-0.4, -0.2) is 83.8 Å². The Hall–Kier alpha value is -3.21. The molecule has 0 radical (unpaired) electrons. The summed E-state index contributed by atoms with van der Waals surface area (Å²) in [6, 6.07) is 14.3. The van der Waals surface area contributed by atoms with E-state index in [1.54, 1.807) is 51.5 Å². The van der Waals surface area contributed by atoms with Crippen LogP contribution in [0, 0.1) is 0 Å². The second-order valence-electron chi connectivity index (χ2n) is 9.72. The van der Waals surface area contributed by atoms with E-state index in [1.165, 1.54) is 4.90 Å². The Kier molecular flexibility index (Phi) is 11.4. The monoisotopic (exact) mass is 615 g/mol. The molecule has 2 aromatic heterocycles. The first-order chi connectivity index (χ1) is 19.8. The smallest absolute Gasteiger partial charge is 0.325 e. The Morgan fingerprint density at radius 1 is 0.976 bits per heavy atom. The van der Waals surface area contributed by atoms with Gasteiger partial charge in [-0.2, -0.15) is 0 Å². The van der Waals surface area contributed by atoms with Crippen LogP contribution in [0.15, 0.2) is 59.3 Å². The van der Waals surface area contributed by atoms with E-state index in [2.05, 4.69) is 0 Å². The highest BCUT2D eigenvalue weighted by Crippen LogP contribution is 2.21. The lowest BCUT2D eigenvalue weighted by molar-refractivity contribution is -0.158. The van der Waals surface area contributed by atoms with E-state index in [0.717, 1.165) is 15.3 Å². The van der Waals surface area contributed by atoms with Crippen molar-refractivity contribution in [1.29, 1.82) is 0 Å². The third kappa shape index (κ3) is 8.89. The zero-order valence-electron chi connectivity index (χ0n) is 23.0. The molecule has 3 aromatic rings. The summed E-state index contributed by atoms with van der Waals surface area (Å²) in [7, 11) is 0. The van der Waals surface area contributed by atoms with E-state index >= 15 is 0 Å². The first-order valence-electron chi connectivity index (χ1n) is 13.6. The van der Waals surface area contributed by atoms with Crippen LogP contribution in [-0.2, 0) is 43.2 Å². The van der Waals surface area contributed by atoms with Crippen LogP contribution < -0.4 is 0 Å². The number of halogens is 1. The van der Waals surface area contributed by atoms with Crippen molar-refractivity contribution < 1.29 is 23.9 Å². The average Bonchev–Trinajstić information content (AvgIpc) is 3.67. The molecule has 218 valence electrons. The molecule has 0 bridgehead atoms. The van der Waals surface area contributed by atoms with Gasteiger partial charge in [-0.1, -0.05) is 35.9 Å². The molecule has 1 unspecified atom stereocenters. The summed E-state index contributed by atoms with van der Waals surface area (Å²) < 4.78 is 5.12. The van der Waals surface area contributed by atoms with E-state index in [-0.39, 0.29) is 50.4 Å². The fourth-order valence-electron chi connectivity index (χ4n) is 4.77. The maximum atomic E-state index is 13.8. The molecule has 1 saturated heterocycles. The predicted molar refractivity (Wildman–Crippen MR) is 161 cm³/mol.